The normalized spacial score (nSPS) is 15.3. The molecule has 0 bridgehead atoms. The Morgan fingerprint density at radius 3 is 2.43 bits per heavy atom. The van der Waals surface area contributed by atoms with Crippen LogP contribution in [0, 0.1) is 0 Å². The van der Waals surface area contributed by atoms with Gasteiger partial charge < -0.3 is 5.11 Å². The molecule has 0 aliphatic rings. The number of phenols is 1. The molecule has 1 unspecified atom stereocenters. The Morgan fingerprint density at radius 1 is 1.29 bits per heavy atom. The minimum atomic E-state index is -0.0214. The fourth-order valence-corrected chi connectivity index (χ4v) is 2.38. The topological polar surface area (TPSA) is 20.2 Å². The number of thiol groups is 1. The molecule has 2 heteroatoms. The molecule has 0 spiro atoms. The Morgan fingerprint density at radius 2 is 1.93 bits per heavy atom. The van der Waals surface area contributed by atoms with Gasteiger partial charge in [0, 0.05) is 5.75 Å². The van der Waals surface area contributed by atoms with Gasteiger partial charge in [0.2, 0.25) is 0 Å². The van der Waals surface area contributed by atoms with Crippen LogP contribution in [-0.4, -0.2) is 16.1 Å². The molecule has 1 aromatic carbocycles. The molecule has 1 aromatic rings. The third kappa shape index (κ3) is 3.26. The summed E-state index contributed by atoms with van der Waals surface area (Å²) < 4.78 is 0.390. The zero-order chi connectivity index (χ0) is 10.8. The number of benzene rings is 1. The van der Waals surface area contributed by atoms with E-state index in [0.29, 0.717) is 10.5 Å². The molecule has 0 fully saturated rings. The van der Waals surface area contributed by atoms with Gasteiger partial charge in [-0.3, -0.25) is 0 Å². The van der Waals surface area contributed by atoms with Crippen LogP contribution in [0.5, 0.6) is 5.75 Å². The fraction of sp³-hybridized carbons (Fsp3) is 0.500. The molecule has 80 valence electrons. The van der Waals surface area contributed by atoms with E-state index in [1.54, 1.807) is 6.07 Å². The molecular formula is C12H20OS. The average Bonchev–Trinajstić information content (AvgIpc) is 2.02. The summed E-state index contributed by atoms with van der Waals surface area (Å²) in [5, 5.41) is 9.34. The predicted octanol–water partition coefficient (Wildman–Crippen LogP) is 3.32. The molecule has 0 aromatic heterocycles. The fourth-order valence-electron chi connectivity index (χ4n) is 1.17. The minimum Gasteiger partial charge on any atom is -0.508 e. The largest absolute Gasteiger partial charge is 0.508 e. The molecule has 0 saturated heterocycles. The van der Waals surface area contributed by atoms with Gasteiger partial charge in [-0.1, -0.05) is 32.9 Å². The van der Waals surface area contributed by atoms with E-state index >= 15 is 0 Å². The highest BCUT2D eigenvalue weighted by Crippen LogP contribution is 2.40. The summed E-state index contributed by atoms with van der Waals surface area (Å²) in [5.41, 5.74) is 1.24. The van der Waals surface area contributed by atoms with Crippen molar-refractivity contribution in [2.45, 2.75) is 31.3 Å². The molecule has 14 heavy (non-hydrogen) atoms. The van der Waals surface area contributed by atoms with E-state index in [2.05, 4.69) is 33.1 Å². The van der Waals surface area contributed by atoms with Gasteiger partial charge in [0.05, 0.1) is 0 Å². The summed E-state index contributed by atoms with van der Waals surface area (Å²) in [6.07, 6.45) is 2.32. The van der Waals surface area contributed by atoms with Gasteiger partial charge in [0.15, 0.2) is 0 Å². The lowest BCUT2D eigenvalue weighted by molar-refractivity contribution is 0.475. The van der Waals surface area contributed by atoms with Crippen LogP contribution in [0.2, 0.25) is 0 Å². The highest BCUT2D eigenvalue weighted by molar-refractivity contribution is 8.16. The van der Waals surface area contributed by atoms with Crippen molar-refractivity contribution >= 4 is 10.9 Å². The third-order valence-electron chi connectivity index (χ3n) is 2.48. The maximum Gasteiger partial charge on any atom is 0.115 e. The quantitative estimate of drug-likeness (QED) is 0.721. The summed E-state index contributed by atoms with van der Waals surface area (Å²) >= 11 is 0. The van der Waals surface area contributed by atoms with Gasteiger partial charge >= 0.3 is 0 Å². The molecule has 0 aliphatic carbocycles. The van der Waals surface area contributed by atoms with E-state index in [9.17, 15) is 5.11 Å². The molecule has 0 amide bonds. The van der Waals surface area contributed by atoms with E-state index in [1.807, 2.05) is 12.1 Å². The van der Waals surface area contributed by atoms with Gasteiger partial charge in [-0.05, 0) is 28.7 Å². The summed E-state index contributed by atoms with van der Waals surface area (Å²) in [6.45, 7) is 6.84. The maximum absolute atomic E-state index is 9.34. The standard InChI is InChI=1S/C12H20OS/c1-12(2,3)14(4)9-10-6-5-7-11(13)8-10/h5-8,13-14H,9H2,1-4H3. The molecule has 1 rings (SSSR count). The first kappa shape index (κ1) is 11.4. The molecule has 0 radical (unpaired) electrons. The molecule has 0 heterocycles. The van der Waals surface area contributed by atoms with E-state index in [0.717, 1.165) is 5.75 Å². The highest BCUT2D eigenvalue weighted by Gasteiger charge is 2.16. The van der Waals surface area contributed by atoms with Crippen molar-refractivity contribution in [2.75, 3.05) is 6.26 Å². The predicted molar refractivity (Wildman–Crippen MR) is 66.5 cm³/mol. The second kappa shape index (κ2) is 4.26. The Bertz CT molecular complexity index is 301. The van der Waals surface area contributed by atoms with E-state index in [-0.39, 0.29) is 10.9 Å². The van der Waals surface area contributed by atoms with Crippen LogP contribution >= 0.6 is 10.9 Å². The number of phenolic OH excluding ortho intramolecular Hbond substituents is 1. The van der Waals surface area contributed by atoms with Crippen LogP contribution in [0.25, 0.3) is 0 Å². The first-order valence-electron chi connectivity index (χ1n) is 4.89. The summed E-state index contributed by atoms with van der Waals surface area (Å²) in [5.74, 6) is 1.47. The van der Waals surface area contributed by atoms with Crippen LogP contribution in [0.15, 0.2) is 24.3 Å². The third-order valence-corrected chi connectivity index (χ3v) is 5.61. The summed E-state index contributed by atoms with van der Waals surface area (Å²) in [4.78, 5) is 0. The Labute approximate surface area is 89.5 Å². The minimum absolute atomic E-state index is 0.0214. The van der Waals surface area contributed by atoms with E-state index in [1.165, 1.54) is 5.56 Å². The summed E-state index contributed by atoms with van der Waals surface area (Å²) in [6, 6.07) is 7.59. The SMILES string of the molecule is C[SH](Cc1cccc(O)c1)C(C)(C)C. The van der Waals surface area contributed by atoms with Crippen LogP contribution in [0.3, 0.4) is 0 Å². The molecule has 1 atom stereocenters. The van der Waals surface area contributed by atoms with Gasteiger partial charge in [-0.2, -0.15) is 0 Å². The Balaban J connectivity index is 2.70. The van der Waals surface area contributed by atoms with Crippen molar-refractivity contribution in [1.82, 2.24) is 0 Å². The van der Waals surface area contributed by atoms with Crippen LogP contribution in [0.1, 0.15) is 26.3 Å². The zero-order valence-corrected chi connectivity index (χ0v) is 10.3. The van der Waals surface area contributed by atoms with Crippen molar-refractivity contribution < 1.29 is 5.11 Å². The van der Waals surface area contributed by atoms with Crippen LogP contribution in [0.4, 0.5) is 0 Å². The second-order valence-corrected chi connectivity index (χ2v) is 7.75. The molecule has 1 N–H and O–H groups in total. The molecule has 0 aliphatic heterocycles. The second-order valence-electron chi connectivity index (χ2n) is 4.70. The molecule has 1 nitrogen and oxygen atoms in total. The van der Waals surface area contributed by atoms with Crippen LogP contribution < -0.4 is 0 Å². The number of hydrogen-bond donors (Lipinski definition) is 2. The van der Waals surface area contributed by atoms with Crippen molar-refractivity contribution in [1.29, 1.82) is 0 Å². The van der Waals surface area contributed by atoms with E-state index in [4.69, 9.17) is 0 Å². The van der Waals surface area contributed by atoms with E-state index < -0.39 is 0 Å². The van der Waals surface area contributed by atoms with Crippen molar-refractivity contribution in [3.63, 3.8) is 0 Å². The Kier molecular flexibility index (Phi) is 3.48. The molecule has 0 saturated carbocycles. The Hall–Kier alpha value is -0.630. The molecular weight excluding hydrogens is 192 g/mol. The van der Waals surface area contributed by atoms with Crippen LogP contribution in [-0.2, 0) is 5.75 Å². The first-order valence-corrected chi connectivity index (χ1v) is 6.86. The average molecular weight is 212 g/mol. The van der Waals surface area contributed by atoms with Gasteiger partial charge in [-0.25, -0.2) is 10.9 Å². The van der Waals surface area contributed by atoms with Crippen molar-refractivity contribution in [3.05, 3.63) is 29.8 Å². The van der Waals surface area contributed by atoms with Crippen molar-refractivity contribution in [3.8, 4) is 5.75 Å². The first-order chi connectivity index (χ1) is 6.39. The van der Waals surface area contributed by atoms with Gasteiger partial charge in [0.1, 0.15) is 5.75 Å². The highest BCUT2D eigenvalue weighted by atomic mass is 32.2. The lowest BCUT2D eigenvalue weighted by Gasteiger charge is -2.31. The lowest BCUT2D eigenvalue weighted by Crippen LogP contribution is -2.14. The van der Waals surface area contributed by atoms with Crippen molar-refractivity contribution in [2.24, 2.45) is 0 Å². The maximum atomic E-state index is 9.34. The number of rotatable bonds is 2. The van der Waals surface area contributed by atoms with Gasteiger partial charge in [0.25, 0.3) is 0 Å². The smallest absolute Gasteiger partial charge is 0.115 e. The lowest BCUT2D eigenvalue weighted by atomic mass is 10.2. The number of hydrogen-bond acceptors (Lipinski definition) is 1. The summed E-state index contributed by atoms with van der Waals surface area (Å²) in [7, 11) is -0.0214. The monoisotopic (exact) mass is 212 g/mol. The zero-order valence-electron chi connectivity index (χ0n) is 9.41. The number of aromatic hydroxyl groups is 1. The van der Waals surface area contributed by atoms with Gasteiger partial charge in [-0.15, -0.1) is 0 Å².